The molecule has 0 heterocycles. The molecular weight excluding hydrogens is 361 g/mol. The first-order valence-electron chi connectivity index (χ1n) is 7.16. The first-order valence-corrected chi connectivity index (χ1v) is 7.97. The number of thioether (sulfide) groups is 1. The normalized spacial score (nSPS) is 12.4. The van der Waals surface area contributed by atoms with E-state index in [0.717, 1.165) is 24.3 Å². The van der Waals surface area contributed by atoms with Crippen LogP contribution >= 0.6 is 11.8 Å². The van der Waals surface area contributed by atoms with E-state index in [1.165, 1.54) is 6.92 Å². The summed E-state index contributed by atoms with van der Waals surface area (Å²) in [5.74, 6) is -1.72. The van der Waals surface area contributed by atoms with Crippen LogP contribution in [0, 0.1) is 0 Å². The van der Waals surface area contributed by atoms with E-state index in [-0.39, 0.29) is 28.3 Å². The fourth-order valence-electron chi connectivity index (χ4n) is 1.59. The van der Waals surface area contributed by atoms with Gasteiger partial charge in [-0.1, -0.05) is 0 Å². The Labute approximate surface area is 146 Å². The zero-order valence-corrected chi connectivity index (χ0v) is 14.5. The maximum absolute atomic E-state index is 12.2. The summed E-state index contributed by atoms with van der Waals surface area (Å²) in [4.78, 5) is 34.9. The maximum atomic E-state index is 12.2. The van der Waals surface area contributed by atoms with E-state index in [1.54, 1.807) is 13.8 Å². The number of esters is 1. The second-order valence-electron chi connectivity index (χ2n) is 5.24. The van der Waals surface area contributed by atoms with Gasteiger partial charge in [0.15, 0.2) is 6.10 Å². The molecule has 0 saturated heterocycles. The Balaban J connectivity index is 2.60. The number of carbonyl (C=O) groups is 3. The Morgan fingerprint density at radius 1 is 1.08 bits per heavy atom. The van der Waals surface area contributed by atoms with Crippen LogP contribution in [0.5, 0.6) is 0 Å². The van der Waals surface area contributed by atoms with Gasteiger partial charge in [0.1, 0.15) is 0 Å². The third kappa shape index (κ3) is 7.92. The highest BCUT2D eigenvalue weighted by Crippen LogP contribution is 2.36. The quantitative estimate of drug-likeness (QED) is 0.608. The highest BCUT2D eigenvalue weighted by Gasteiger charge is 2.29. The topological polar surface area (TPSA) is 84.5 Å². The molecule has 0 bridgehead atoms. The Morgan fingerprint density at radius 3 is 2.12 bits per heavy atom. The predicted octanol–water partition coefficient (Wildman–Crippen LogP) is 3.08. The second-order valence-corrected chi connectivity index (χ2v) is 6.38. The van der Waals surface area contributed by atoms with Gasteiger partial charge in [-0.2, -0.15) is 13.2 Å². The van der Waals surface area contributed by atoms with E-state index in [1.807, 2.05) is 5.32 Å². The zero-order chi connectivity index (χ0) is 19.2. The molecule has 10 heteroatoms. The lowest BCUT2D eigenvalue weighted by Gasteiger charge is -2.14. The molecule has 3 amide bonds. The molecule has 1 aromatic carbocycles. The summed E-state index contributed by atoms with van der Waals surface area (Å²) in [6.07, 6.45) is -1.25. The SMILES string of the molecule is CC(C)NC(=O)NC(=O)[C@H](C)OC(=O)c1ccc(SC(F)(F)F)cc1. The zero-order valence-electron chi connectivity index (χ0n) is 13.6. The van der Waals surface area contributed by atoms with Gasteiger partial charge in [0, 0.05) is 10.9 Å². The molecule has 0 saturated carbocycles. The third-order valence-electron chi connectivity index (χ3n) is 2.63. The molecular formula is C15H17F3N2O4S. The van der Waals surface area contributed by atoms with Crippen LogP contribution in [0.2, 0.25) is 0 Å². The lowest BCUT2D eigenvalue weighted by Crippen LogP contribution is -2.46. The van der Waals surface area contributed by atoms with Gasteiger partial charge in [-0.05, 0) is 56.8 Å². The van der Waals surface area contributed by atoms with Crippen LogP contribution in [0.1, 0.15) is 31.1 Å². The number of ether oxygens (including phenoxy) is 1. The number of benzene rings is 1. The summed E-state index contributed by atoms with van der Waals surface area (Å²) >= 11 is -0.309. The largest absolute Gasteiger partial charge is 0.449 e. The Hall–Kier alpha value is -2.23. The number of carbonyl (C=O) groups excluding carboxylic acids is 3. The molecule has 1 rings (SSSR count). The van der Waals surface area contributed by atoms with E-state index >= 15 is 0 Å². The number of imide groups is 1. The second kappa shape index (κ2) is 8.75. The van der Waals surface area contributed by atoms with Crippen molar-refractivity contribution in [1.29, 1.82) is 0 Å². The van der Waals surface area contributed by atoms with E-state index in [4.69, 9.17) is 4.74 Å². The fraction of sp³-hybridized carbons (Fsp3) is 0.400. The molecule has 0 spiro atoms. The molecule has 0 aliphatic rings. The minimum atomic E-state index is -4.43. The lowest BCUT2D eigenvalue weighted by atomic mass is 10.2. The third-order valence-corrected chi connectivity index (χ3v) is 3.37. The summed E-state index contributed by atoms with van der Waals surface area (Å²) in [7, 11) is 0. The van der Waals surface area contributed by atoms with Crippen LogP contribution in [-0.2, 0) is 9.53 Å². The van der Waals surface area contributed by atoms with Gasteiger partial charge in [0.25, 0.3) is 5.91 Å². The molecule has 0 fully saturated rings. The molecule has 1 atom stereocenters. The first-order chi connectivity index (χ1) is 11.5. The standard InChI is InChI=1S/C15H17F3N2O4S/c1-8(2)19-14(23)20-12(21)9(3)24-13(22)10-4-6-11(7-5-10)25-15(16,17)18/h4-9H,1-3H3,(H2,19,20,21,23)/t9-/m0/s1. The minimum absolute atomic E-state index is 0.0159. The summed E-state index contributed by atoms with van der Waals surface area (Å²) in [5.41, 5.74) is -4.44. The Bertz CT molecular complexity index is 633. The van der Waals surface area contributed by atoms with Crippen molar-refractivity contribution in [1.82, 2.24) is 10.6 Å². The number of urea groups is 1. The van der Waals surface area contributed by atoms with Crippen molar-refractivity contribution in [2.24, 2.45) is 0 Å². The number of hydrogen-bond donors (Lipinski definition) is 2. The summed E-state index contributed by atoms with van der Waals surface area (Å²) in [6.45, 7) is 4.67. The van der Waals surface area contributed by atoms with Crippen molar-refractivity contribution in [2.75, 3.05) is 0 Å². The molecule has 0 aliphatic carbocycles. The van der Waals surface area contributed by atoms with Gasteiger partial charge in [-0.25, -0.2) is 9.59 Å². The van der Waals surface area contributed by atoms with Crippen LogP contribution in [0.3, 0.4) is 0 Å². The summed E-state index contributed by atoms with van der Waals surface area (Å²) in [5, 5.41) is 4.44. The number of alkyl halides is 3. The average Bonchev–Trinajstić information content (AvgIpc) is 2.45. The predicted molar refractivity (Wildman–Crippen MR) is 85.0 cm³/mol. The van der Waals surface area contributed by atoms with Crippen molar-refractivity contribution < 1.29 is 32.3 Å². The van der Waals surface area contributed by atoms with E-state index in [0.29, 0.717) is 0 Å². The Morgan fingerprint density at radius 2 is 1.64 bits per heavy atom. The molecule has 0 radical (unpaired) electrons. The number of rotatable bonds is 5. The van der Waals surface area contributed by atoms with Crippen LogP contribution in [0.25, 0.3) is 0 Å². The van der Waals surface area contributed by atoms with E-state index in [2.05, 4.69) is 5.32 Å². The van der Waals surface area contributed by atoms with Crippen molar-refractivity contribution in [2.45, 2.75) is 43.3 Å². The van der Waals surface area contributed by atoms with Crippen molar-refractivity contribution >= 4 is 29.7 Å². The van der Waals surface area contributed by atoms with E-state index in [9.17, 15) is 27.6 Å². The highest BCUT2D eigenvalue weighted by molar-refractivity contribution is 8.00. The number of nitrogens with one attached hydrogen (secondary N) is 2. The number of halogens is 3. The number of hydrogen-bond acceptors (Lipinski definition) is 5. The fourth-order valence-corrected chi connectivity index (χ4v) is 2.13. The molecule has 0 aromatic heterocycles. The lowest BCUT2D eigenvalue weighted by molar-refractivity contribution is -0.127. The smallest absolute Gasteiger partial charge is 0.446 e. The van der Waals surface area contributed by atoms with Crippen LogP contribution < -0.4 is 10.6 Å². The number of amides is 3. The molecule has 0 aliphatic heterocycles. The molecule has 1 aromatic rings. The van der Waals surface area contributed by atoms with Gasteiger partial charge in [-0.15, -0.1) is 0 Å². The van der Waals surface area contributed by atoms with E-state index < -0.39 is 29.5 Å². The van der Waals surface area contributed by atoms with Crippen LogP contribution in [-0.4, -0.2) is 35.6 Å². The first kappa shape index (κ1) is 20.8. The van der Waals surface area contributed by atoms with Crippen LogP contribution in [0.15, 0.2) is 29.2 Å². The van der Waals surface area contributed by atoms with Crippen molar-refractivity contribution in [3.8, 4) is 0 Å². The highest BCUT2D eigenvalue weighted by atomic mass is 32.2. The molecule has 2 N–H and O–H groups in total. The maximum Gasteiger partial charge on any atom is 0.446 e. The summed E-state index contributed by atoms with van der Waals surface area (Å²) < 4.78 is 41.6. The van der Waals surface area contributed by atoms with Gasteiger partial charge in [0.2, 0.25) is 0 Å². The average molecular weight is 378 g/mol. The molecule has 25 heavy (non-hydrogen) atoms. The monoisotopic (exact) mass is 378 g/mol. The van der Waals surface area contributed by atoms with Gasteiger partial charge in [-0.3, -0.25) is 10.1 Å². The van der Waals surface area contributed by atoms with Gasteiger partial charge in [0.05, 0.1) is 5.56 Å². The molecule has 138 valence electrons. The van der Waals surface area contributed by atoms with Gasteiger partial charge >= 0.3 is 17.5 Å². The van der Waals surface area contributed by atoms with Crippen molar-refractivity contribution in [3.05, 3.63) is 29.8 Å². The molecule has 0 unspecified atom stereocenters. The minimum Gasteiger partial charge on any atom is -0.449 e. The van der Waals surface area contributed by atoms with Crippen LogP contribution in [0.4, 0.5) is 18.0 Å². The van der Waals surface area contributed by atoms with Crippen molar-refractivity contribution in [3.63, 3.8) is 0 Å². The van der Waals surface area contributed by atoms with Gasteiger partial charge < -0.3 is 10.1 Å². The molecule has 6 nitrogen and oxygen atoms in total. The summed E-state index contributed by atoms with van der Waals surface area (Å²) in [6, 6.07) is 3.65. The Kier molecular flexibility index (Phi) is 7.28.